The second kappa shape index (κ2) is 5.20. The fourth-order valence-corrected chi connectivity index (χ4v) is 1.95. The molecule has 7 nitrogen and oxygen atoms in total. The van der Waals surface area contributed by atoms with Gasteiger partial charge in [0, 0.05) is 5.56 Å². The second-order valence-electron chi connectivity index (χ2n) is 4.74. The first-order valence-electron chi connectivity index (χ1n) is 6.43. The molecule has 2 N–H and O–H groups in total. The van der Waals surface area contributed by atoms with Gasteiger partial charge in [0.05, 0.1) is 5.69 Å². The summed E-state index contributed by atoms with van der Waals surface area (Å²) in [6.45, 7) is 3.82. The van der Waals surface area contributed by atoms with Gasteiger partial charge >= 0.3 is 0 Å². The van der Waals surface area contributed by atoms with Gasteiger partial charge in [0.15, 0.2) is 5.82 Å². The highest BCUT2D eigenvalue weighted by Gasteiger charge is 2.15. The van der Waals surface area contributed by atoms with E-state index in [1.165, 1.54) is 12.7 Å². The molecular formula is C14H14N6O. The fourth-order valence-electron chi connectivity index (χ4n) is 1.95. The summed E-state index contributed by atoms with van der Waals surface area (Å²) in [5, 5.41) is 17.4. The molecule has 1 aromatic carbocycles. The largest absolute Gasteiger partial charge is 0.317 e. The van der Waals surface area contributed by atoms with Crippen LogP contribution >= 0.6 is 0 Å². The number of nitrogens with zero attached hydrogens (tertiary/aromatic N) is 4. The molecule has 0 radical (unpaired) electrons. The Bertz CT molecular complexity index is 757. The standard InChI is InChI=1S/C14H14N6O/c1-9-3-5-11(6-4-9)14(21)17-12-10(2)18-19-13(12)20-7-15-16-8-20/h3-8H,1-2H3,(H,17,21)(H,18,19). The van der Waals surface area contributed by atoms with Gasteiger partial charge in [0.1, 0.15) is 18.3 Å². The zero-order valence-electron chi connectivity index (χ0n) is 11.7. The van der Waals surface area contributed by atoms with E-state index in [-0.39, 0.29) is 5.91 Å². The summed E-state index contributed by atoms with van der Waals surface area (Å²) < 4.78 is 1.63. The van der Waals surface area contributed by atoms with E-state index in [0.717, 1.165) is 11.3 Å². The van der Waals surface area contributed by atoms with Crippen LogP contribution in [0.15, 0.2) is 36.9 Å². The first-order chi connectivity index (χ1) is 10.1. The van der Waals surface area contributed by atoms with Gasteiger partial charge < -0.3 is 5.32 Å². The smallest absolute Gasteiger partial charge is 0.255 e. The molecule has 106 valence electrons. The van der Waals surface area contributed by atoms with Gasteiger partial charge in [-0.25, -0.2) is 0 Å². The number of hydrogen-bond donors (Lipinski definition) is 2. The van der Waals surface area contributed by atoms with Crippen molar-refractivity contribution in [3.05, 3.63) is 53.7 Å². The lowest BCUT2D eigenvalue weighted by atomic mass is 10.1. The predicted molar refractivity (Wildman–Crippen MR) is 77.4 cm³/mol. The molecule has 0 fully saturated rings. The van der Waals surface area contributed by atoms with Crippen molar-refractivity contribution in [3.8, 4) is 5.82 Å². The highest BCUT2D eigenvalue weighted by atomic mass is 16.1. The molecule has 0 bridgehead atoms. The molecule has 7 heteroatoms. The maximum absolute atomic E-state index is 12.3. The zero-order chi connectivity index (χ0) is 14.8. The van der Waals surface area contributed by atoms with Gasteiger partial charge in [0.25, 0.3) is 5.91 Å². The number of carbonyl (C=O) groups excluding carboxylic acids is 1. The van der Waals surface area contributed by atoms with Gasteiger partial charge in [-0.1, -0.05) is 17.7 Å². The number of rotatable bonds is 3. The maximum atomic E-state index is 12.3. The van der Waals surface area contributed by atoms with Crippen LogP contribution < -0.4 is 5.32 Å². The van der Waals surface area contributed by atoms with E-state index < -0.39 is 0 Å². The normalized spacial score (nSPS) is 10.6. The van der Waals surface area contributed by atoms with E-state index >= 15 is 0 Å². The highest BCUT2D eigenvalue weighted by molar-refractivity contribution is 6.05. The van der Waals surface area contributed by atoms with Crippen molar-refractivity contribution in [2.45, 2.75) is 13.8 Å². The Kier molecular flexibility index (Phi) is 3.23. The molecule has 3 rings (SSSR count). The minimum absolute atomic E-state index is 0.186. The molecule has 1 amide bonds. The quantitative estimate of drug-likeness (QED) is 0.767. The molecule has 2 aromatic heterocycles. The van der Waals surface area contributed by atoms with Gasteiger partial charge in [-0.05, 0) is 26.0 Å². The predicted octanol–water partition coefficient (Wildman–Crippen LogP) is 1.86. The third-order valence-electron chi connectivity index (χ3n) is 3.14. The Morgan fingerprint density at radius 3 is 2.48 bits per heavy atom. The maximum Gasteiger partial charge on any atom is 0.255 e. The van der Waals surface area contributed by atoms with Crippen LogP contribution in [0.25, 0.3) is 5.82 Å². The summed E-state index contributed by atoms with van der Waals surface area (Å²) in [6.07, 6.45) is 3.05. The van der Waals surface area contributed by atoms with Crippen molar-refractivity contribution in [1.82, 2.24) is 25.0 Å². The summed E-state index contributed by atoms with van der Waals surface area (Å²) in [5.41, 5.74) is 3.08. The van der Waals surface area contributed by atoms with Crippen LogP contribution in [-0.4, -0.2) is 30.9 Å². The number of hydrogen-bond acceptors (Lipinski definition) is 4. The minimum atomic E-state index is -0.186. The molecule has 0 unspecified atom stereocenters. The van der Waals surface area contributed by atoms with E-state index in [0.29, 0.717) is 17.1 Å². The number of carbonyl (C=O) groups is 1. The summed E-state index contributed by atoms with van der Waals surface area (Å²) in [5.74, 6) is 0.367. The minimum Gasteiger partial charge on any atom is -0.317 e. The first-order valence-corrected chi connectivity index (χ1v) is 6.43. The lowest BCUT2D eigenvalue weighted by Crippen LogP contribution is -2.13. The Morgan fingerprint density at radius 2 is 1.81 bits per heavy atom. The Balaban J connectivity index is 1.90. The summed E-state index contributed by atoms with van der Waals surface area (Å²) in [7, 11) is 0. The van der Waals surface area contributed by atoms with Crippen LogP contribution in [-0.2, 0) is 0 Å². The van der Waals surface area contributed by atoms with Crippen LogP contribution in [0.3, 0.4) is 0 Å². The molecule has 0 aliphatic carbocycles. The number of anilines is 1. The van der Waals surface area contributed by atoms with Crippen LogP contribution in [0.1, 0.15) is 21.6 Å². The molecule has 0 saturated heterocycles. The number of aromatic amines is 1. The third-order valence-corrected chi connectivity index (χ3v) is 3.14. The van der Waals surface area contributed by atoms with Gasteiger partial charge in [0.2, 0.25) is 0 Å². The van der Waals surface area contributed by atoms with E-state index in [9.17, 15) is 4.79 Å². The van der Waals surface area contributed by atoms with Crippen molar-refractivity contribution in [2.24, 2.45) is 0 Å². The van der Waals surface area contributed by atoms with Gasteiger partial charge in [-0.3, -0.25) is 14.5 Å². The molecule has 0 atom stereocenters. The van der Waals surface area contributed by atoms with E-state index in [4.69, 9.17) is 0 Å². The highest BCUT2D eigenvalue weighted by Crippen LogP contribution is 2.21. The monoisotopic (exact) mass is 282 g/mol. The molecule has 0 aliphatic heterocycles. The number of nitrogens with one attached hydrogen (secondary N) is 2. The van der Waals surface area contributed by atoms with Crippen molar-refractivity contribution in [3.63, 3.8) is 0 Å². The number of benzene rings is 1. The molecule has 0 aliphatic rings. The Hall–Kier alpha value is -2.96. The van der Waals surface area contributed by atoms with Crippen LogP contribution in [0, 0.1) is 13.8 Å². The van der Waals surface area contributed by atoms with E-state index in [2.05, 4.69) is 25.7 Å². The number of aryl methyl sites for hydroxylation is 2. The summed E-state index contributed by atoms with van der Waals surface area (Å²) in [6, 6.07) is 7.38. The SMILES string of the molecule is Cc1ccc(C(=O)Nc2c(-n3cnnc3)n[nH]c2C)cc1. The third kappa shape index (κ3) is 2.53. The summed E-state index contributed by atoms with van der Waals surface area (Å²) >= 11 is 0. The lowest BCUT2D eigenvalue weighted by molar-refractivity contribution is 0.102. The molecule has 2 heterocycles. The molecule has 21 heavy (non-hydrogen) atoms. The topological polar surface area (TPSA) is 88.5 Å². The zero-order valence-corrected chi connectivity index (χ0v) is 11.7. The van der Waals surface area contributed by atoms with E-state index in [1.54, 1.807) is 16.7 Å². The molecule has 0 spiro atoms. The van der Waals surface area contributed by atoms with E-state index in [1.807, 2.05) is 26.0 Å². The molecule has 0 saturated carbocycles. The molecular weight excluding hydrogens is 268 g/mol. The average Bonchev–Trinajstić information content (AvgIpc) is 3.10. The van der Waals surface area contributed by atoms with Gasteiger partial charge in [-0.15, -0.1) is 10.2 Å². The lowest BCUT2D eigenvalue weighted by Gasteiger charge is -2.07. The number of amides is 1. The number of aromatic nitrogens is 5. The average molecular weight is 282 g/mol. The fraction of sp³-hybridized carbons (Fsp3) is 0.143. The Labute approximate surface area is 121 Å². The van der Waals surface area contributed by atoms with Crippen molar-refractivity contribution in [1.29, 1.82) is 0 Å². The first kappa shape index (κ1) is 13.0. The van der Waals surface area contributed by atoms with Crippen LogP contribution in [0.4, 0.5) is 5.69 Å². The van der Waals surface area contributed by atoms with Gasteiger partial charge in [-0.2, -0.15) is 5.10 Å². The second-order valence-corrected chi connectivity index (χ2v) is 4.74. The van der Waals surface area contributed by atoms with Crippen molar-refractivity contribution in [2.75, 3.05) is 5.32 Å². The molecule has 3 aromatic rings. The Morgan fingerprint density at radius 1 is 1.14 bits per heavy atom. The van der Waals surface area contributed by atoms with Crippen LogP contribution in [0.2, 0.25) is 0 Å². The van der Waals surface area contributed by atoms with Crippen LogP contribution in [0.5, 0.6) is 0 Å². The van der Waals surface area contributed by atoms with Crippen molar-refractivity contribution < 1.29 is 4.79 Å². The number of H-pyrrole nitrogens is 1. The summed E-state index contributed by atoms with van der Waals surface area (Å²) in [4.78, 5) is 12.3. The van der Waals surface area contributed by atoms with Crippen molar-refractivity contribution >= 4 is 11.6 Å².